The summed E-state index contributed by atoms with van der Waals surface area (Å²) in [6.45, 7) is 0. The van der Waals surface area contributed by atoms with Gasteiger partial charge >= 0.3 is 0 Å². The van der Waals surface area contributed by atoms with Crippen molar-refractivity contribution in [2.75, 3.05) is 26.6 Å². The van der Waals surface area contributed by atoms with Gasteiger partial charge in [0.1, 0.15) is 28.6 Å². The number of benzene rings is 4. The zero-order valence-electron chi connectivity index (χ0n) is 22.6. The molecule has 0 spiro atoms. The van der Waals surface area contributed by atoms with Gasteiger partial charge in [0.05, 0.1) is 32.4 Å². The van der Waals surface area contributed by atoms with Crippen molar-refractivity contribution >= 4 is 39.3 Å². The molecule has 0 aliphatic carbocycles. The summed E-state index contributed by atoms with van der Waals surface area (Å²) in [5, 5.41) is 3.64. The van der Waals surface area contributed by atoms with E-state index in [1.807, 2.05) is 60.7 Å². The number of H-pyrrole nitrogens is 1. The molecule has 9 heteroatoms. The zero-order chi connectivity index (χ0) is 28.3. The number of carbonyl (C=O) groups excluding carboxylic acids is 1. The Morgan fingerprint density at radius 1 is 0.854 bits per heavy atom. The summed E-state index contributed by atoms with van der Waals surface area (Å²) in [6, 6.07) is 27.7. The molecule has 204 valence electrons. The van der Waals surface area contributed by atoms with Crippen LogP contribution < -0.4 is 25.1 Å². The third-order valence-corrected chi connectivity index (χ3v) is 6.62. The Kier molecular flexibility index (Phi) is 6.83. The van der Waals surface area contributed by atoms with E-state index in [-0.39, 0.29) is 11.1 Å². The lowest BCUT2D eigenvalue weighted by molar-refractivity contribution is 0.102. The predicted molar refractivity (Wildman–Crippen MR) is 157 cm³/mol. The highest BCUT2D eigenvalue weighted by Gasteiger charge is 2.16. The van der Waals surface area contributed by atoms with E-state index in [0.717, 1.165) is 22.4 Å². The number of ether oxygens (including phenoxy) is 3. The molecule has 9 nitrogen and oxygen atoms in total. The summed E-state index contributed by atoms with van der Waals surface area (Å²) in [7, 11) is 4.67. The van der Waals surface area contributed by atoms with Crippen molar-refractivity contribution in [2.24, 2.45) is 4.99 Å². The fraction of sp³-hybridized carbons (Fsp3) is 0.0938. The number of fused-ring (bicyclic) bond motifs is 2. The number of imidazole rings is 1. The van der Waals surface area contributed by atoms with Crippen molar-refractivity contribution < 1.29 is 23.4 Å². The van der Waals surface area contributed by atoms with Gasteiger partial charge in [-0.15, -0.1) is 0 Å². The summed E-state index contributed by atoms with van der Waals surface area (Å²) >= 11 is 0. The molecule has 2 N–H and O–H groups in total. The number of nitrogens with zero attached hydrogens (tertiary/aromatic N) is 2. The Balaban J connectivity index is 1.39. The molecule has 0 saturated heterocycles. The Morgan fingerprint density at radius 2 is 1.66 bits per heavy atom. The maximum atomic E-state index is 13.6. The molecule has 2 aromatic heterocycles. The number of hydrogen-bond donors (Lipinski definition) is 2. The molecule has 1 amide bonds. The van der Waals surface area contributed by atoms with E-state index in [1.165, 1.54) is 0 Å². The average molecular weight is 547 g/mol. The zero-order valence-corrected chi connectivity index (χ0v) is 22.6. The number of rotatable bonds is 7. The molecular formula is C32H26N4O5. The van der Waals surface area contributed by atoms with Crippen molar-refractivity contribution in [1.29, 1.82) is 0 Å². The number of hydrogen-bond acceptors (Lipinski definition) is 7. The molecule has 0 saturated carbocycles. The molecule has 0 unspecified atom stereocenters. The minimum Gasteiger partial charge on any atom is -0.497 e. The van der Waals surface area contributed by atoms with Crippen LogP contribution in [0.1, 0.15) is 10.4 Å². The number of aromatic nitrogens is 2. The van der Waals surface area contributed by atoms with Gasteiger partial charge in [-0.1, -0.05) is 24.3 Å². The van der Waals surface area contributed by atoms with Crippen LogP contribution in [-0.2, 0) is 0 Å². The van der Waals surface area contributed by atoms with Crippen LogP contribution in [0.15, 0.2) is 100 Å². The van der Waals surface area contributed by atoms with Gasteiger partial charge in [-0.2, -0.15) is 0 Å². The fourth-order valence-corrected chi connectivity index (χ4v) is 4.52. The van der Waals surface area contributed by atoms with Crippen LogP contribution in [0.4, 0.5) is 11.4 Å². The number of anilines is 1. The number of para-hydroxylation sites is 3. The van der Waals surface area contributed by atoms with Crippen LogP contribution in [0.3, 0.4) is 0 Å². The Bertz CT molecular complexity index is 1920. The van der Waals surface area contributed by atoms with Crippen molar-refractivity contribution in [3.05, 3.63) is 102 Å². The van der Waals surface area contributed by atoms with Gasteiger partial charge in [0.15, 0.2) is 11.3 Å². The summed E-state index contributed by atoms with van der Waals surface area (Å²) in [5.74, 6) is 1.95. The van der Waals surface area contributed by atoms with Gasteiger partial charge in [-0.3, -0.25) is 4.79 Å². The maximum Gasteiger partial charge on any atom is 0.261 e. The summed E-state index contributed by atoms with van der Waals surface area (Å²) in [5.41, 5.74) is 4.57. The van der Waals surface area contributed by atoms with Gasteiger partial charge in [-0.25, -0.2) is 9.98 Å². The van der Waals surface area contributed by atoms with E-state index in [2.05, 4.69) is 20.3 Å². The highest BCUT2D eigenvalue weighted by molar-refractivity contribution is 6.05. The minimum atomic E-state index is -0.393. The van der Waals surface area contributed by atoms with Crippen molar-refractivity contribution in [3.8, 4) is 28.6 Å². The van der Waals surface area contributed by atoms with Crippen LogP contribution in [-0.4, -0.2) is 37.2 Å². The van der Waals surface area contributed by atoms with Crippen LogP contribution >= 0.6 is 0 Å². The normalized spacial score (nSPS) is 11.5. The van der Waals surface area contributed by atoms with Crippen LogP contribution in [0.5, 0.6) is 17.2 Å². The number of amides is 1. The molecule has 0 atom stereocenters. The first-order valence-electron chi connectivity index (χ1n) is 12.8. The number of carbonyl (C=O) groups is 1. The Labute approximate surface area is 235 Å². The van der Waals surface area contributed by atoms with Gasteiger partial charge < -0.3 is 28.9 Å². The number of methoxy groups -OCH3 is 3. The third-order valence-electron chi connectivity index (χ3n) is 6.62. The molecule has 0 aliphatic heterocycles. The monoisotopic (exact) mass is 546 g/mol. The van der Waals surface area contributed by atoms with E-state index in [9.17, 15) is 4.79 Å². The minimum absolute atomic E-state index is 0.0879. The van der Waals surface area contributed by atoms with Gasteiger partial charge in [0.2, 0.25) is 5.55 Å². The van der Waals surface area contributed by atoms with Crippen LogP contribution in [0.25, 0.3) is 33.4 Å². The summed E-state index contributed by atoms with van der Waals surface area (Å²) in [6.07, 6.45) is 0. The van der Waals surface area contributed by atoms with Crippen LogP contribution in [0, 0.1) is 0 Å². The molecule has 0 radical (unpaired) electrons. The lowest BCUT2D eigenvalue weighted by atomic mass is 10.1. The van der Waals surface area contributed by atoms with E-state index in [4.69, 9.17) is 18.6 Å². The van der Waals surface area contributed by atoms with E-state index in [0.29, 0.717) is 39.6 Å². The Morgan fingerprint density at radius 3 is 2.41 bits per heavy atom. The van der Waals surface area contributed by atoms with Crippen molar-refractivity contribution in [2.45, 2.75) is 0 Å². The fourth-order valence-electron chi connectivity index (χ4n) is 4.52. The number of aromatic amines is 1. The van der Waals surface area contributed by atoms with Crippen molar-refractivity contribution in [3.63, 3.8) is 0 Å². The first-order valence-corrected chi connectivity index (χ1v) is 12.8. The molecule has 6 aromatic rings. The molecule has 41 heavy (non-hydrogen) atoms. The molecule has 0 fully saturated rings. The van der Waals surface area contributed by atoms with Crippen molar-refractivity contribution in [1.82, 2.24) is 9.97 Å². The second kappa shape index (κ2) is 10.9. The first kappa shape index (κ1) is 25.7. The predicted octanol–water partition coefficient (Wildman–Crippen LogP) is 6.49. The SMILES string of the molecule is COc1ccc(OC)c(N=c2oc3c(OC)cccc3cc2C(=O)Nc2ccc(-c3nc4ccccc4[nH]3)cc2)c1. The quantitative estimate of drug-likeness (QED) is 0.237. The van der Waals surface area contributed by atoms with Gasteiger partial charge in [-0.05, 0) is 60.7 Å². The topological polar surface area (TPSA) is 111 Å². The highest BCUT2D eigenvalue weighted by Crippen LogP contribution is 2.32. The summed E-state index contributed by atoms with van der Waals surface area (Å²) in [4.78, 5) is 26.3. The molecular weight excluding hydrogens is 520 g/mol. The smallest absolute Gasteiger partial charge is 0.261 e. The second-order valence-corrected chi connectivity index (χ2v) is 9.13. The molecule has 2 heterocycles. The van der Waals surface area contributed by atoms with Gasteiger partial charge in [0.25, 0.3) is 5.91 Å². The molecule has 6 rings (SSSR count). The Hall–Kier alpha value is -5.57. The lowest BCUT2D eigenvalue weighted by Crippen LogP contribution is -2.21. The van der Waals surface area contributed by atoms with Crippen LogP contribution in [0.2, 0.25) is 0 Å². The second-order valence-electron chi connectivity index (χ2n) is 9.13. The third kappa shape index (κ3) is 5.08. The molecule has 4 aromatic carbocycles. The average Bonchev–Trinajstić information content (AvgIpc) is 3.45. The number of nitrogens with one attached hydrogen (secondary N) is 2. The maximum absolute atomic E-state index is 13.6. The van der Waals surface area contributed by atoms with E-state index in [1.54, 1.807) is 51.7 Å². The van der Waals surface area contributed by atoms with Gasteiger partial charge in [0, 0.05) is 22.7 Å². The standard InChI is InChI=1S/C32H26N4O5/c1-38-22-15-16-27(39-2)26(18-22)36-32-23(17-20-7-6-10-28(40-3)29(20)41-32)31(37)33-21-13-11-19(12-14-21)30-34-24-8-4-5-9-25(24)35-30/h4-18H,1-3H3,(H,33,37)(H,34,35). The summed E-state index contributed by atoms with van der Waals surface area (Å²) < 4.78 is 22.5. The lowest BCUT2D eigenvalue weighted by Gasteiger charge is -2.10. The highest BCUT2D eigenvalue weighted by atomic mass is 16.5. The molecule has 0 aliphatic rings. The molecule has 0 bridgehead atoms. The van der Waals surface area contributed by atoms with E-state index < -0.39 is 5.91 Å². The largest absolute Gasteiger partial charge is 0.497 e. The first-order chi connectivity index (χ1) is 20.1. The van der Waals surface area contributed by atoms with E-state index >= 15 is 0 Å².